The number of hydrogen-bond donors (Lipinski definition) is 0. The Labute approximate surface area is 194 Å². The van der Waals surface area contributed by atoms with Gasteiger partial charge in [-0.05, 0) is 59.4 Å². The van der Waals surface area contributed by atoms with E-state index in [0.717, 1.165) is 44.0 Å². The van der Waals surface area contributed by atoms with Gasteiger partial charge in [0.15, 0.2) is 5.78 Å². The SMILES string of the molecule is O=C(c1ccccc1Cc1ccc(Br)cc1)c1ccccc1Cc1ccc(Br)cc1. The third-order valence-corrected chi connectivity index (χ3v) is 6.20. The molecule has 0 atom stereocenters. The van der Waals surface area contributed by atoms with Gasteiger partial charge in [-0.15, -0.1) is 0 Å². The zero-order valence-corrected chi connectivity index (χ0v) is 19.5. The molecule has 0 N–H and O–H groups in total. The van der Waals surface area contributed by atoms with Crippen molar-refractivity contribution in [3.05, 3.63) is 139 Å². The Morgan fingerprint density at radius 3 is 1.30 bits per heavy atom. The van der Waals surface area contributed by atoms with Gasteiger partial charge in [0.05, 0.1) is 0 Å². The van der Waals surface area contributed by atoms with Gasteiger partial charge in [0, 0.05) is 20.1 Å². The summed E-state index contributed by atoms with van der Waals surface area (Å²) in [5, 5.41) is 0. The normalized spacial score (nSPS) is 10.7. The van der Waals surface area contributed by atoms with Crippen LogP contribution >= 0.6 is 31.9 Å². The molecular weight excluding hydrogens is 500 g/mol. The van der Waals surface area contributed by atoms with Crippen LogP contribution in [0.1, 0.15) is 38.2 Å². The number of hydrogen-bond acceptors (Lipinski definition) is 1. The van der Waals surface area contributed by atoms with E-state index in [2.05, 4.69) is 56.1 Å². The molecule has 30 heavy (non-hydrogen) atoms. The Bertz CT molecular complexity index is 1070. The van der Waals surface area contributed by atoms with Gasteiger partial charge < -0.3 is 0 Å². The predicted octanol–water partition coefficient (Wildman–Crippen LogP) is 7.62. The molecule has 4 aromatic rings. The van der Waals surface area contributed by atoms with Gasteiger partial charge in [-0.1, -0.05) is 105 Å². The molecule has 0 fully saturated rings. The molecule has 0 aliphatic carbocycles. The fourth-order valence-electron chi connectivity index (χ4n) is 3.58. The lowest BCUT2D eigenvalue weighted by Gasteiger charge is -2.13. The van der Waals surface area contributed by atoms with Gasteiger partial charge >= 0.3 is 0 Å². The van der Waals surface area contributed by atoms with Crippen molar-refractivity contribution in [2.45, 2.75) is 12.8 Å². The minimum absolute atomic E-state index is 0.0791. The molecule has 0 aromatic heterocycles. The summed E-state index contributed by atoms with van der Waals surface area (Å²) in [6, 6.07) is 32.3. The zero-order chi connectivity index (χ0) is 20.9. The van der Waals surface area contributed by atoms with E-state index in [9.17, 15) is 4.79 Å². The second-order valence-electron chi connectivity index (χ2n) is 7.25. The van der Waals surface area contributed by atoms with Crippen LogP contribution in [0.25, 0.3) is 0 Å². The second-order valence-corrected chi connectivity index (χ2v) is 9.08. The molecule has 4 rings (SSSR count). The number of halogens is 2. The number of carbonyl (C=O) groups is 1. The van der Waals surface area contributed by atoms with Crippen molar-refractivity contribution in [3.63, 3.8) is 0 Å². The zero-order valence-electron chi connectivity index (χ0n) is 16.3. The Hall–Kier alpha value is -2.49. The van der Waals surface area contributed by atoms with Crippen LogP contribution in [0.2, 0.25) is 0 Å². The first kappa shape index (κ1) is 20.8. The van der Waals surface area contributed by atoms with Crippen molar-refractivity contribution in [2.75, 3.05) is 0 Å². The number of ketones is 1. The van der Waals surface area contributed by atoms with E-state index in [-0.39, 0.29) is 5.78 Å². The first-order chi connectivity index (χ1) is 14.6. The van der Waals surface area contributed by atoms with E-state index in [4.69, 9.17) is 0 Å². The van der Waals surface area contributed by atoms with Crippen LogP contribution in [0.4, 0.5) is 0 Å². The lowest BCUT2D eigenvalue weighted by Crippen LogP contribution is -2.09. The quantitative estimate of drug-likeness (QED) is 0.239. The Morgan fingerprint density at radius 1 is 0.533 bits per heavy atom. The fraction of sp³-hybridized carbons (Fsp3) is 0.0741. The van der Waals surface area contributed by atoms with Crippen molar-refractivity contribution in [1.82, 2.24) is 0 Å². The number of benzene rings is 4. The molecule has 148 valence electrons. The van der Waals surface area contributed by atoms with Crippen molar-refractivity contribution in [1.29, 1.82) is 0 Å². The summed E-state index contributed by atoms with van der Waals surface area (Å²) in [6.45, 7) is 0. The van der Waals surface area contributed by atoms with Crippen LogP contribution < -0.4 is 0 Å². The van der Waals surface area contributed by atoms with Crippen LogP contribution in [0.5, 0.6) is 0 Å². The third-order valence-electron chi connectivity index (χ3n) is 5.14. The molecule has 0 unspecified atom stereocenters. The Kier molecular flexibility index (Phi) is 6.61. The maximum atomic E-state index is 13.6. The largest absolute Gasteiger partial charge is 0.289 e. The van der Waals surface area contributed by atoms with E-state index < -0.39 is 0 Å². The average Bonchev–Trinajstić information content (AvgIpc) is 2.77. The second kappa shape index (κ2) is 9.55. The summed E-state index contributed by atoms with van der Waals surface area (Å²) in [4.78, 5) is 13.6. The average molecular weight is 520 g/mol. The molecule has 0 saturated carbocycles. The smallest absolute Gasteiger partial charge is 0.193 e. The maximum absolute atomic E-state index is 13.6. The molecule has 0 aliphatic rings. The molecule has 0 saturated heterocycles. The van der Waals surface area contributed by atoms with E-state index >= 15 is 0 Å². The summed E-state index contributed by atoms with van der Waals surface area (Å²) in [6.07, 6.45) is 1.45. The summed E-state index contributed by atoms with van der Waals surface area (Å²) in [5.41, 5.74) is 5.99. The van der Waals surface area contributed by atoms with Crippen LogP contribution in [-0.4, -0.2) is 5.78 Å². The number of rotatable bonds is 6. The highest BCUT2D eigenvalue weighted by molar-refractivity contribution is 9.10. The third kappa shape index (κ3) is 4.97. The van der Waals surface area contributed by atoms with Crippen LogP contribution in [0, 0.1) is 0 Å². The van der Waals surface area contributed by atoms with Crippen LogP contribution in [-0.2, 0) is 12.8 Å². The van der Waals surface area contributed by atoms with Gasteiger partial charge in [0.1, 0.15) is 0 Å². The lowest BCUT2D eigenvalue weighted by atomic mass is 9.90. The summed E-state index contributed by atoms with van der Waals surface area (Å²) >= 11 is 6.96. The van der Waals surface area contributed by atoms with Crippen molar-refractivity contribution < 1.29 is 4.79 Å². The molecule has 4 aromatic carbocycles. The molecule has 3 heteroatoms. The minimum atomic E-state index is 0.0791. The maximum Gasteiger partial charge on any atom is 0.193 e. The standard InChI is InChI=1S/C27H20Br2O/c28-23-13-9-19(10-14-23)17-21-5-1-3-7-25(21)27(30)26-8-4-2-6-22(26)18-20-11-15-24(29)16-12-20/h1-16H,17-18H2. The van der Waals surface area contributed by atoms with Gasteiger partial charge in [-0.25, -0.2) is 0 Å². The van der Waals surface area contributed by atoms with Gasteiger partial charge in [-0.3, -0.25) is 4.79 Å². The van der Waals surface area contributed by atoms with Crippen molar-refractivity contribution in [3.8, 4) is 0 Å². The molecule has 0 amide bonds. The van der Waals surface area contributed by atoms with E-state index in [1.807, 2.05) is 72.8 Å². The summed E-state index contributed by atoms with van der Waals surface area (Å²) < 4.78 is 2.11. The predicted molar refractivity (Wildman–Crippen MR) is 130 cm³/mol. The molecule has 0 heterocycles. The van der Waals surface area contributed by atoms with E-state index in [1.165, 1.54) is 11.1 Å². The number of carbonyl (C=O) groups excluding carboxylic acids is 1. The minimum Gasteiger partial charge on any atom is -0.289 e. The van der Waals surface area contributed by atoms with Gasteiger partial charge in [-0.2, -0.15) is 0 Å². The molecular formula is C27H20Br2O. The highest BCUT2D eigenvalue weighted by atomic mass is 79.9. The van der Waals surface area contributed by atoms with Gasteiger partial charge in [0.25, 0.3) is 0 Å². The Balaban J connectivity index is 1.65. The highest BCUT2D eigenvalue weighted by Crippen LogP contribution is 2.23. The monoisotopic (exact) mass is 518 g/mol. The molecule has 0 spiro atoms. The van der Waals surface area contributed by atoms with Crippen LogP contribution in [0.15, 0.2) is 106 Å². The summed E-state index contributed by atoms with van der Waals surface area (Å²) in [5.74, 6) is 0.0791. The molecule has 1 nitrogen and oxygen atoms in total. The van der Waals surface area contributed by atoms with E-state index in [1.54, 1.807) is 0 Å². The van der Waals surface area contributed by atoms with Gasteiger partial charge in [0.2, 0.25) is 0 Å². The Morgan fingerprint density at radius 2 is 0.900 bits per heavy atom. The van der Waals surface area contributed by atoms with Crippen LogP contribution in [0.3, 0.4) is 0 Å². The molecule has 0 radical (unpaired) electrons. The fourth-order valence-corrected chi connectivity index (χ4v) is 4.11. The van der Waals surface area contributed by atoms with E-state index in [0.29, 0.717) is 0 Å². The highest BCUT2D eigenvalue weighted by Gasteiger charge is 2.17. The first-order valence-electron chi connectivity index (χ1n) is 9.79. The molecule has 0 aliphatic heterocycles. The lowest BCUT2D eigenvalue weighted by molar-refractivity contribution is 0.103. The summed E-state index contributed by atoms with van der Waals surface area (Å²) in [7, 11) is 0. The van der Waals surface area contributed by atoms with Crippen molar-refractivity contribution in [2.24, 2.45) is 0 Å². The first-order valence-corrected chi connectivity index (χ1v) is 11.4. The van der Waals surface area contributed by atoms with Crippen molar-refractivity contribution >= 4 is 37.6 Å². The topological polar surface area (TPSA) is 17.1 Å². The molecule has 0 bridgehead atoms.